The minimum atomic E-state index is -0.389. The SMILES string of the molecule is CC(C)COc1ccc2c(/C=C3\C(=O)NNC3(C)C)cccc2c1. The third kappa shape index (κ3) is 3.29. The Morgan fingerprint density at radius 3 is 2.67 bits per heavy atom. The maximum Gasteiger partial charge on any atom is 0.263 e. The summed E-state index contributed by atoms with van der Waals surface area (Å²) in [5.74, 6) is 1.29. The van der Waals surface area contributed by atoms with Crippen molar-refractivity contribution in [1.82, 2.24) is 10.9 Å². The Hall–Kier alpha value is -2.33. The molecule has 1 aliphatic rings. The second-order valence-electron chi connectivity index (χ2n) is 7.20. The van der Waals surface area contributed by atoms with Crippen molar-refractivity contribution in [3.8, 4) is 5.75 Å². The fraction of sp³-hybridized carbons (Fsp3) is 0.350. The highest BCUT2D eigenvalue weighted by Crippen LogP contribution is 2.28. The molecule has 0 unspecified atom stereocenters. The minimum Gasteiger partial charge on any atom is -0.493 e. The lowest BCUT2D eigenvalue weighted by Crippen LogP contribution is -2.38. The number of carbonyl (C=O) groups excluding carboxylic acids is 1. The van der Waals surface area contributed by atoms with E-state index in [9.17, 15) is 4.79 Å². The fourth-order valence-electron chi connectivity index (χ4n) is 2.80. The van der Waals surface area contributed by atoms with E-state index in [0.717, 1.165) is 27.7 Å². The van der Waals surface area contributed by atoms with E-state index in [1.54, 1.807) is 0 Å². The minimum absolute atomic E-state index is 0.0751. The maximum atomic E-state index is 12.1. The molecule has 1 fully saturated rings. The molecule has 1 aliphatic heterocycles. The quantitative estimate of drug-likeness (QED) is 0.844. The summed E-state index contributed by atoms with van der Waals surface area (Å²) < 4.78 is 5.81. The highest BCUT2D eigenvalue weighted by Gasteiger charge is 2.34. The van der Waals surface area contributed by atoms with Gasteiger partial charge in [0, 0.05) is 5.57 Å². The van der Waals surface area contributed by atoms with Gasteiger partial charge in [0.1, 0.15) is 5.75 Å². The number of hydrogen-bond donors (Lipinski definition) is 2. The number of rotatable bonds is 4. The average Bonchev–Trinajstić information content (AvgIpc) is 2.79. The summed E-state index contributed by atoms with van der Waals surface area (Å²) in [6, 6.07) is 12.2. The second kappa shape index (κ2) is 6.29. The van der Waals surface area contributed by atoms with Crippen molar-refractivity contribution < 1.29 is 9.53 Å². The topological polar surface area (TPSA) is 50.4 Å². The van der Waals surface area contributed by atoms with Crippen LogP contribution in [0.4, 0.5) is 0 Å². The molecule has 1 heterocycles. The number of amides is 1. The molecule has 3 rings (SSSR count). The van der Waals surface area contributed by atoms with E-state index >= 15 is 0 Å². The number of benzene rings is 2. The normalized spacial score (nSPS) is 18.4. The van der Waals surface area contributed by atoms with Crippen LogP contribution in [0, 0.1) is 5.92 Å². The Balaban J connectivity index is 1.99. The van der Waals surface area contributed by atoms with Crippen LogP contribution < -0.4 is 15.6 Å². The zero-order valence-corrected chi connectivity index (χ0v) is 14.6. The number of hydrazine groups is 1. The van der Waals surface area contributed by atoms with Gasteiger partial charge in [-0.05, 0) is 54.3 Å². The molecule has 1 saturated heterocycles. The highest BCUT2D eigenvalue weighted by molar-refractivity contribution is 6.04. The molecule has 4 nitrogen and oxygen atoms in total. The van der Waals surface area contributed by atoms with Crippen molar-refractivity contribution in [2.24, 2.45) is 5.92 Å². The summed E-state index contributed by atoms with van der Waals surface area (Å²) in [6.07, 6.45) is 1.96. The molecule has 0 saturated carbocycles. The van der Waals surface area contributed by atoms with Crippen LogP contribution in [0.1, 0.15) is 33.3 Å². The van der Waals surface area contributed by atoms with Crippen molar-refractivity contribution in [1.29, 1.82) is 0 Å². The molecule has 0 aromatic heterocycles. The molecule has 2 aromatic rings. The number of carbonyl (C=O) groups is 1. The number of ether oxygens (including phenoxy) is 1. The van der Waals surface area contributed by atoms with E-state index in [0.29, 0.717) is 12.5 Å². The molecule has 0 spiro atoms. The third-order valence-electron chi connectivity index (χ3n) is 4.18. The van der Waals surface area contributed by atoms with Gasteiger partial charge < -0.3 is 4.74 Å². The van der Waals surface area contributed by atoms with Gasteiger partial charge in [-0.25, -0.2) is 5.43 Å². The van der Waals surface area contributed by atoms with Crippen LogP contribution in [-0.2, 0) is 4.79 Å². The monoisotopic (exact) mass is 324 g/mol. The van der Waals surface area contributed by atoms with Gasteiger partial charge in [-0.2, -0.15) is 0 Å². The number of nitrogens with one attached hydrogen (secondary N) is 2. The van der Waals surface area contributed by atoms with E-state index in [4.69, 9.17) is 4.74 Å². The molecule has 24 heavy (non-hydrogen) atoms. The van der Waals surface area contributed by atoms with Crippen molar-refractivity contribution in [2.45, 2.75) is 33.2 Å². The van der Waals surface area contributed by atoms with Crippen molar-refractivity contribution in [3.63, 3.8) is 0 Å². The van der Waals surface area contributed by atoms with E-state index in [-0.39, 0.29) is 11.4 Å². The molecule has 0 radical (unpaired) electrons. The van der Waals surface area contributed by atoms with Crippen LogP contribution in [0.25, 0.3) is 16.8 Å². The molecule has 0 bridgehead atoms. The summed E-state index contributed by atoms with van der Waals surface area (Å²) in [4.78, 5) is 12.1. The first-order valence-electron chi connectivity index (χ1n) is 8.32. The van der Waals surface area contributed by atoms with E-state index < -0.39 is 0 Å². The summed E-state index contributed by atoms with van der Waals surface area (Å²) in [6.45, 7) is 8.94. The molecular formula is C20H24N2O2. The summed E-state index contributed by atoms with van der Waals surface area (Å²) in [7, 11) is 0. The van der Waals surface area contributed by atoms with Gasteiger partial charge in [0.05, 0.1) is 12.1 Å². The van der Waals surface area contributed by atoms with Crippen molar-refractivity contribution >= 4 is 22.8 Å². The predicted molar refractivity (Wildman–Crippen MR) is 97.6 cm³/mol. The molecule has 1 amide bonds. The number of hydrogen-bond acceptors (Lipinski definition) is 3. The molecule has 4 heteroatoms. The molecule has 126 valence electrons. The lowest BCUT2D eigenvalue weighted by molar-refractivity contribution is -0.116. The van der Waals surface area contributed by atoms with E-state index in [1.807, 2.05) is 38.1 Å². The van der Waals surface area contributed by atoms with Gasteiger partial charge in [-0.15, -0.1) is 0 Å². The third-order valence-corrected chi connectivity index (χ3v) is 4.18. The van der Waals surface area contributed by atoms with Crippen LogP contribution in [0.5, 0.6) is 5.75 Å². The van der Waals surface area contributed by atoms with Gasteiger partial charge in [0.2, 0.25) is 0 Å². The Morgan fingerprint density at radius 1 is 1.21 bits per heavy atom. The van der Waals surface area contributed by atoms with Gasteiger partial charge >= 0.3 is 0 Å². The molecular weight excluding hydrogens is 300 g/mol. The standard InChI is InChI=1S/C20H24N2O2/c1-13(2)12-24-16-8-9-17-14(10-16)6-5-7-15(17)11-18-19(23)21-22-20(18,3)4/h5-11,13,22H,12H2,1-4H3,(H,21,23)/b18-11+. The first-order chi connectivity index (χ1) is 11.4. The molecule has 0 atom stereocenters. The largest absolute Gasteiger partial charge is 0.493 e. The number of fused-ring (bicyclic) bond motifs is 1. The van der Waals surface area contributed by atoms with Gasteiger partial charge in [-0.1, -0.05) is 38.1 Å². The van der Waals surface area contributed by atoms with Crippen LogP contribution in [0.2, 0.25) is 0 Å². The van der Waals surface area contributed by atoms with Gasteiger partial charge in [0.25, 0.3) is 5.91 Å². The summed E-state index contributed by atoms with van der Waals surface area (Å²) >= 11 is 0. The van der Waals surface area contributed by atoms with Crippen LogP contribution in [0.15, 0.2) is 42.0 Å². The molecule has 0 aliphatic carbocycles. The zero-order valence-electron chi connectivity index (χ0n) is 14.6. The predicted octanol–water partition coefficient (Wildman–Crippen LogP) is 3.67. The first-order valence-corrected chi connectivity index (χ1v) is 8.32. The second-order valence-corrected chi connectivity index (χ2v) is 7.20. The molecule has 2 N–H and O–H groups in total. The van der Waals surface area contributed by atoms with Crippen LogP contribution >= 0.6 is 0 Å². The summed E-state index contributed by atoms with van der Waals surface area (Å²) in [5, 5.41) is 2.21. The van der Waals surface area contributed by atoms with Gasteiger partial charge in [0.15, 0.2) is 0 Å². The zero-order chi connectivity index (χ0) is 17.3. The van der Waals surface area contributed by atoms with Crippen LogP contribution in [-0.4, -0.2) is 18.1 Å². The van der Waals surface area contributed by atoms with E-state index in [1.165, 1.54) is 0 Å². The lowest BCUT2D eigenvalue weighted by atomic mass is 9.92. The lowest BCUT2D eigenvalue weighted by Gasteiger charge is -2.17. The van der Waals surface area contributed by atoms with Crippen molar-refractivity contribution in [2.75, 3.05) is 6.61 Å². The fourth-order valence-corrected chi connectivity index (χ4v) is 2.80. The molecule has 2 aromatic carbocycles. The smallest absolute Gasteiger partial charge is 0.263 e. The Morgan fingerprint density at radius 2 is 2.00 bits per heavy atom. The first kappa shape index (κ1) is 16.5. The summed E-state index contributed by atoms with van der Waals surface area (Å²) in [5.41, 5.74) is 7.07. The highest BCUT2D eigenvalue weighted by atomic mass is 16.5. The van der Waals surface area contributed by atoms with Crippen LogP contribution in [0.3, 0.4) is 0 Å². The Bertz CT molecular complexity index is 806. The maximum absolute atomic E-state index is 12.1. The van der Waals surface area contributed by atoms with Crippen molar-refractivity contribution in [3.05, 3.63) is 47.5 Å². The Labute approximate surface area is 142 Å². The average molecular weight is 324 g/mol. The Kier molecular flexibility index (Phi) is 4.33. The van der Waals surface area contributed by atoms with E-state index in [2.05, 4.69) is 42.9 Å². The van der Waals surface area contributed by atoms with Gasteiger partial charge in [-0.3, -0.25) is 10.2 Å².